The second-order valence-electron chi connectivity index (χ2n) is 10.1. The van der Waals surface area contributed by atoms with E-state index in [1.807, 2.05) is 29.2 Å². The molecule has 1 saturated heterocycles. The third kappa shape index (κ3) is 5.11. The van der Waals surface area contributed by atoms with Gasteiger partial charge < -0.3 is 9.13 Å². The number of hydroxylamine groups is 1. The minimum atomic E-state index is -0.499. The van der Waals surface area contributed by atoms with Crippen LogP contribution in [-0.4, -0.2) is 43.2 Å². The molecule has 2 aromatic heterocycles. The highest BCUT2D eigenvalue weighted by atomic mass is 16.5. The normalized spacial score (nSPS) is 14.7. The van der Waals surface area contributed by atoms with Crippen molar-refractivity contribution in [2.45, 2.75) is 31.8 Å². The molecule has 0 bridgehead atoms. The fraction of sp³-hybridized carbons (Fsp3) is 0.226. The number of carbonyl (C=O) groups is 1. The Bertz CT molecular complexity index is 1510. The lowest BCUT2D eigenvalue weighted by Crippen LogP contribution is -2.32. The van der Waals surface area contributed by atoms with Crippen molar-refractivity contribution >= 4 is 16.8 Å². The van der Waals surface area contributed by atoms with E-state index in [4.69, 9.17) is 5.21 Å². The summed E-state index contributed by atoms with van der Waals surface area (Å²) in [5.74, 6) is 0.0921. The largest absolute Gasteiger partial charge is 0.343 e. The molecule has 1 fully saturated rings. The van der Waals surface area contributed by atoms with Crippen LogP contribution in [0.2, 0.25) is 0 Å². The maximum absolute atomic E-state index is 11.6. The maximum Gasteiger partial charge on any atom is 0.274 e. The second-order valence-corrected chi connectivity index (χ2v) is 10.1. The summed E-state index contributed by atoms with van der Waals surface area (Å²) in [6.45, 7) is 3.94. The van der Waals surface area contributed by atoms with E-state index in [1.54, 1.807) is 23.8 Å². The Balaban J connectivity index is 1.06. The predicted molar refractivity (Wildman–Crippen MR) is 148 cm³/mol. The first-order valence-electron chi connectivity index (χ1n) is 13.1. The van der Waals surface area contributed by atoms with Gasteiger partial charge in [-0.2, -0.15) is 0 Å². The summed E-state index contributed by atoms with van der Waals surface area (Å²) >= 11 is 0. The smallest absolute Gasteiger partial charge is 0.274 e. The predicted octanol–water partition coefficient (Wildman–Crippen LogP) is 5.37. The van der Waals surface area contributed by atoms with Crippen LogP contribution < -0.4 is 5.48 Å². The molecule has 0 saturated carbocycles. The summed E-state index contributed by atoms with van der Waals surface area (Å²) in [5, 5.41) is 10.1. The highest BCUT2D eigenvalue weighted by Crippen LogP contribution is 2.31. The van der Waals surface area contributed by atoms with Crippen molar-refractivity contribution in [2.24, 2.45) is 0 Å². The van der Waals surface area contributed by atoms with Crippen molar-refractivity contribution in [1.29, 1.82) is 0 Å². The molecule has 6 rings (SSSR count). The van der Waals surface area contributed by atoms with Crippen LogP contribution in [0.3, 0.4) is 0 Å². The molecule has 38 heavy (non-hydrogen) atoms. The van der Waals surface area contributed by atoms with Gasteiger partial charge in [-0.1, -0.05) is 30.3 Å². The summed E-state index contributed by atoms with van der Waals surface area (Å²) in [6, 6.07) is 25.2. The molecular weight excluding hydrogens is 474 g/mol. The molecular formula is C31H31N5O2. The monoisotopic (exact) mass is 505 g/mol. The third-order valence-corrected chi connectivity index (χ3v) is 7.67. The van der Waals surface area contributed by atoms with Crippen LogP contribution in [0.25, 0.3) is 16.6 Å². The summed E-state index contributed by atoms with van der Waals surface area (Å²) in [4.78, 5) is 18.2. The molecule has 3 aromatic carbocycles. The number of hydrogen-bond donors (Lipinski definition) is 2. The van der Waals surface area contributed by atoms with Gasteiger partial charge in [-0.15, -0.1) is 0 Å². The molecule has 1 aliphatic rings. The number of aromatic nitrogens is 3. The van der Waals surface area contributed by atoms with E-state index in [-0.39, 0.29) is 0 Å². The zero-order valence-electron chi connectivity index (χ0n) is 21.2. The molecule has 7 heteroatoms. The van der Waals surface area contributed by atoms with E-state index < -0.39 is 5.91 Å². The van der Waals surface area contributed by atoms with Gasteiger partial charge in [0, 0.05) is 48.4 Å². The zero-order chi connectivity index (χ0) is 25.9. The standard InChI is InChI=1S/C31H31N5O2/c37-31(33-38)26-5-1-24(2-6-26)21-35-17-13-28-19-27(7-10-30(28)35)25-11-15-34(16-12-25)20-23-3-8-29(9-4-23)36-18-14-32-22-36/h1-10,13-14,17-19,22,25,38H,11-12,15-16,20-21H2,(H,33,37). The van der Waals surface area contributed by atoms with Gasteiger partial charge in [0.25, 0.3) is 5.91 Å². The third-order valence-electron chi connectivity index (χ3n) is 7.67. The number of carbonyl (C=O) groups excluding carboxylic acids is 1. The summed E-state index contributed by atoms with van der Waals surface area (Å²) < 4.78 is 4.26. The molecule has 1 aliphatic heterocycles. The van der Waals surface area contributed by atoms with Crippen molar-refractivity contribution in [2.75, 3.05) is 13.1 Å². The second kappa shape index (κ2) is 10.7. The minimum Gasteiger partial charge on any atom is -0.343 e. The molecule has 0 unspecified atom stereocenters. The topological polar surface area (TPSA) is 75.3 Å². The number of fused-ring (bicyclic) bond motifs is 1. The fourth-order valence-corrected chi connectivity index (χ4v) is 5.50. The molecule has 3 heterocycles. The van der Waals surface area contributed by atoms with Gasteiger partial charge >= 0.3 is 0 Å². The lowest BCUT2D eigenvalue weighted by molar-refractivity contribution is 0.0706. The Labute approximate surface area is 221 Å². The van der Waals surface area contributed by atoms with E-state index in [1.165, 1.54) is 34.9 Å². The van der Waals surface area contributed by atoms with Crippen molar-refractivity contribution in [3.63, 3.8) is 0 Å². The highest BCUT2D eigenvalue weighted by molar-refractivity contribution is 5.93. The number of amides is 1. The summed E-state index contributed by atoms with van der Waals surface area (Å²) in [5.41, 5.74) is 8.34. The van der Waals surface area contributed by atoms with Crippen LogP contribution in [-0.2, 0) is 13.1 Å². The van der Waals surface area contributed by atoms with Crippen molar-refractivity contribution in [3.05, 3.63) is 120 Å². The first kappa shape index (κ1) is 24.2. The molecule has 0 spiro atoms. The molecule has 0 atom stereocenters. The van der Waals surface area contributed by atoms with Crippen LogP contribution in [0.1, 0.15) is 45.8 Å². The van der Waals surface area contributed by atoms with Gasteiger partial charge in [0.05, 0.1) is 6.33 Å². The quantitative estimate of drug-likeness (QED) is 0.230. The molecule has 5 aromatic rings. The van der Waals surface area contributed by atoms with Crippen molar-refractivity contribution in [1.82, 2.24) is 24.5 Å². The van der Waals surface area contributed by atoms with Gasteiger partial charge in [-0.3, -0.25) is 14.9 Å². The van der Waals surface area contributed by atoms with Crippen LogP contribution in [0.15, 0.2) is 97.7 Å². The minimum absolute atomic E-state index is 0.438. The van der Waals surface area contributed by atoms with E-state index in [0.717, 1.165) is 37.4 Å². The summed E-state index contributed by atoms with van der Waals surface area (Å²) in [7, 11) is 0. The van der Waals surface area contributed by atoms with E-state index >= 15 is 0 Å². The van der Waals surface area contributed by atoms with Crippen LogP contribution >= 0.6 is 0 Å². The van der Waals surface area contributed by atoms with Crippen LogP contribution in [0.4, 0.5) is 0 Å². The molecule has 0 aliphatic carbocycles. The first-order chi connectivity index (χ1) is 18.7. The number of nitrogens with zero attached hydrogens (tertiary/aromatic N) is 4. The lowest BCUT2D eigenvalue weighted by atomic mass is 9.88. The van der Waals surface area contributed by atoms with Crippen molar-refractivity contribution in [3.8, 4) is 5.69 Å². The molecule has 192 valence electrons. The number of nitrogens with one attached hydrogen (secondary N) is 1. The molecule has 1 amide bonds. The first-order valence-corrected chi connectivity index (χ1v) is 13.1. The van der Waals surface area contributed by atoms with Crippen LogP contribution in [0, 0.1) is 0 Å². The molecule has 7 nitrogen and oxygen atoms in total. The number of benzene rings is 3. The Hall–Kier alpha value is -4.20. The Morgan fingerprint density at radius 2 is 1.63 bits per heavy atom. The van der Waals surface area contributed by atoms with Gasteiger partial charge in [0.2, 0.25) is 0 Å². The number of piperidine rings is 1. The Kier molecular flexibility index (Phi) is 6.77. The van der Waals surface area contributed by atoms with Gasteiger partial charge in [0.15, 0.2) is 0 Å². The zero-order valence-corrected chi connectivity index (χ0v) is 21.2. The van der Waals surface area contributed by atoms with E-state index in [2.05, 4.69) is 69.2 Å². The Morgan fingerprint density at radius 3 is 2.34 bits per heavy atom. The van der Waals surface area contributed by atoms with Gasteiger partial charge in [-0.25, -0.2) is 10.5 Å². The Morgan fingerprint density at radius 1 is 0.895 bits per heavy atom. The molecule has 0 radical (unpaired) electrons. The SMILES string of the molecule is O=C(NO)c1ccc(Cn2ccc3cc(C4CCN(Cc5ccc(-n6ccnc6)cc5)CC4)ccc32)cc1. The number of rotatable bonds is 7. The maximum atomic E-state index is 11.6. The highest BCUT2D eigenvalue weighted by Gasteiger charge is 2.21. The lowest BCUT2D eigenvalue weighted by Gasteiger charge is -2.32. The average Bonchev–Trinajstić information content (AvgIpc) is 3.64. The molecule has 2 N–H and O–H groups in total. The van der Waals surface area contributed by atoms with Gasteiger partial charge in [0.1, 0.15) is 0 Å². The fourth-order valence-electron chi connectivity index (χ4n) is 5.50. The van der Waals surface area contributed by atoms with Crippen molar-refractivity contribution < 1.29 is 10.0 Å². The van der Waals surface area contributed by atoms with E-state index in [9.17, 15) is 4.79 Å². The number of hydrogen-bond acceptors (Lipinski definition) is 4. The van der Waals surface area contributed by atoms with Gasteiger partial charge in [-0.05, 0) is 96.4 Å². The summed E-state index contributed by atoms with van der Waals surface area (Å²) in [6.07, 6.45) is 10.1. The number of imidazole rings is 1. The number of likely N-dealkylation sites (tertiary alicyclic amines) is 1. The van der Waals surface area contributed by atoms with Crippen LogP contribution in [0.5, 0.6) is 0 Å². The van der Waals surface area contributed by atoms with E-state index in [0.29, 0.717) is 11.5 Å². The average molecular weight is 506 g/mol.